The van der Waals surface area contributed by atoms with Crippen LogP contribution in [0.15, 0.2) is 22.9 Å². The van der Waals surface area contributed by atoms with Gasteiger partial charge in [0.2, 0.25) is 5.90 Å². The second-order valence-electron chi connectivity index (χ2n) is 4.01. The summed E-state index contributed by atoms with van der Waals surface area (Å²) in [7, 11) is 0. The zero-order valence-electron chi connectivity index (χ0n) is 8.87. The van der Waals surface area contributed by atoms with E-state index in [1.807, 2.05) is 0 Å². The SMILES string of the molecule is O=C1NN=C(OC2CC2)C1=Cc1cc(Cl)c[nH]1. The highest BCUT2D eigenvalue weighted by Gasteiger charge is 2.31. The summed E-state index contributed by atoms with van der Waals surface area (Å²) in [6.45, 7) is 0. The third kappa shape index (κ3) is 2.19. The van der Waals surface area contributed by atoms with Gasteiger partial charge in [-0.1, -0.05) is 11.6 Å². The number of carbonyl (C=O) groups is 1. The number of aromatic nitrogens is 1. The lowest BCUT2D eigenvalue weighted by Gasteiger charge is -2.02. The van der Waals surface area contributed by atoms with E-state index in [9.17, 15) is 4.79 Å². The molecular formula is C11H10ClN3O2. The lowest BCUT2D eigenvalue weighted by atomic mass is 10.2. The zero-order valence-corrected chi connectivity index (χ0v) is 9.62. The van der Waals surface area contributed by atoms with E-state index in [0.29, 0.717) is 16.5 Å². The van der Waals surface area contributed by atoms with E-state index >= 15 is 0 Å². The van der Waals surface area contributed by atoms with Crippen molar-refractivity contribution in [2.45, 2.75) is 18.9 Å². The summed E-state index contributed by atoms with van der Waals surface area (Å²) in [6.07, 6.45) is 5.58. The highest BCUT2D eigenvalue weighted by atomic mass is 35.5. The van der Waals surface area contributed by atoms with Crippen molar-refractivity contribution in [2.24, 2.45) is 5.10 Å². The lowest BCUT2D eigenvalue weighted by molar-refractivity contribution is -0.116. The number of nitrogens with one attached hydrogen (secondary N) is 2. The molecule has 3 rings (SSSR count). The minimum atomic E-state index is -0.258. The molecule has 1 aliphatic heterocycles. The fraction of sp³-hybridized carbons (Fsp3) is 0.273. The molecule has 2 aliphatic rings. The lowest BCUT2D eigenvalue weighted by Crippen LogP contribution is -2.14. The van der Waals surface area contributed by atoms with Crippen LogP contribution in [0.2, 0.25) is 5.02 Å². The van der Waals surface area contributed by atoms with Crippen LogP contribution in [-0.4, -0.2) is 22.9 Å². The molecule has 0 bridgehead atoms. The second-order valence-corrected chi connectivity index (χ2v) is 4.44. The molecule has 1 saturated carbocycles. The first kappa shape index (κ1) is 10.4. The zero-order chi connectivity index (χ0) is 11.8. The number of ether oxygens (including phenoxy) is 1. The van der Waals surface area contributed by atoms with Crippen molar-refractivity contribution in [3.8, 4) is 0 Å². The van der Waals surface area contributed by atoms with E-state index in [-0.39, 0.29) is 12.0 Å². The number of rotatable bonds is 2. The Hall–Kier alpha value is -1.75. The summed E-state index contributed by atoms with van der Waals surface area (Å²) in [5.41, 5.74) is 3.56. The molecule has 88 valence electrons. The van der Waals surface area contributed by atoms with E-state index in [4.69, 9.17) is 16.3 Å². The highest BCUT2D eigenvalue weighted by Crippen LogP contribution is 2.26. The Morgan fingerprint density at radius 2 is 2.35 bits per heavy atom. The first-order valence-electron chi connectivity index (χ1n) is 5.33. The standard InChI is InChI=1S/C11H10ClN3O2/c12-6-3-7(13-5-6)4-9-10(16)14-15-11(9)17-8-1-2-8/h3-5,8,13H,1-2H2,(H,14,16). The summed E-state index contributed by atoms with van der Waals surface area (Å²) in [5.74, 6) is 0.106. The van der Waals surface area contributed by atoms with E-state index in [0.717, 1.165) is 18.5 Å². The van der Waals surface area contributed by atoms with Gasteiger partial charge in [0.1, 0.15) is 11.7 Å². The van der Waals surface area contributed by atoms with Gasteiger partial charge < -0.3 is 9.72 Å². The van der Waals surface area contributed by atoms with Gasteiger partial charge in [-0.05, 0) is 25.0 Å². The van der Waals surface area contributed by atoms with Gasteiger partial charge in [0.05, 0.1) is 5.02 Å². The molecule has 0 unspecified atom stereocenters. The maximum atomic E-state index is 11.6. The maximum Gasteiger partial charge on any atom is 0.277 e. The molecule has 2 heterocycles. The van der Waals surface area contributed by atoms with Gasteiger partial charge in [-0.3, -0.25) is 4.79 Å². The average Bonchev–Trinajstić information content (AvgIpc) is 2.93. The first-order valence-corrected chi connectivity index (χ1v) is 5.71. The summed E-state index contributed by atoms with van der Waals surface area (Å²) >= 11 is 5.79. The van der Waals surface area contributed by atoms with Crippen LogP contribution in [0.25, 0.3) is 6.08 Å². The van der Waals surface area contributed by atoms with Gasteiger partial charge in [0.15, 0.2) is 0 Å². The maximum absolute atomic E-state index is 11.6. The summed E-state index contributed by atoms with van der Waals surface area (Å²) in [4.78, 5) is 14.5. The van der Waals surface area contributed by atoms with Gasteiger partial charge >= 0.3 is 0 Å². The van der Waals surface area contributed by atoms with Gasteiger partial charge in [-0.15, -0.1) is 5.10 Å². The Labute approximate surface area is 102 Å². The molecule has 0 aromatic carbocycles. The molecule has 0 spiro atoms. The topological polar surface area (TPSA) is 66.5 Å². The van der Waals surface area contributed by atoms with Crippen LogP contribution in [0, 0.1) is 0 Å². The molecule has 0 radical (unpaired) electrons. The summed E-state index contributed by atoms with van der Waals surface area (Å²) in [6, 6.07) is 1.73. The Morgan fingerprint density at radius 1 is 1.53 bits per heavy atom. The number of aromatic amines is 1. The predicted octanol–water partition coefficient (Wildman–Crippen LogP) is 1.67. The molecule has 1 amide bonds. The monoisotopic (exact) mass is 251 g/mol. The molecule has 1 aromatic heterocycles. The predicted molar refractivity (Wildman–Crippen MR) is 63.5 cm³/mol. The van der Waals surface area contributed by atoms with E-state index in [2.05, 4.69) is 15.5 Å². The summed E-state index contributed by atoms with van der Waals surface area (Å²) < 4.78 is 5.54. The van der Waals surface area contributed by atoms with Gasteiger partial charge in [-0.25, -0.2) is 5.43 Å². The number of carbonyl (C=O) groups excluding carboxylic acids is 1. The fourth-order valence-electron chi connectivity index (χ4n) is 1.50. The molecule has 0 atom stereocenters. The normalized spacial score (nSPS) is 21.6. The first-order chi connectivity index (χ1) is 8.22. The van der Waals surface area contributed by atoms with Gasteiger partial charge in [0, 0.05) is 11.9 Å². The Balaban J connectivity index is 1.85. The third-order valence-corrected chi connectivity index (χ3v) is 2.72. The second kappa shape index (κ2) is 3.92. The highest BCUT2D eigenvalue weighted by molar-refractivity contribution is 6.30. The minimum Gasteiger partial charge on any atom is -0.473 e. The molecular weight excluding hydrogens is 242 g/mol. The van der Waals surface area contributed by atoms with Crippen molar-refractivity contribution in [3.63, 3.8) is 0 Å². The Kier molecular flexibility index (Phi) is 2.40. The fourth-order valence-corrected chi connectivity index (χ4v) is 1.68. The number of H-pyrrole nitrogens is 1. The molecule has 1 aromatic rings. The molecule has 0 saturated heterocycles. The Morgan fingerprint density at radius 3 is 3.00 bits per heavy atom. The van der Waals surface area contributed by atoms with Crippen LogP contribution in [0.4, 0.5) is 0 Å². The smallest absolute Gasteiger partial charge is 0.277 e. The van der Waals surface area contributed by atoms with E-state index in [1.165, 1.54) is 0 Å². The van der Waals surface area contributed by atoms with Gasteiger partial charge in [0.25, 0.3) is 5.91 Å². The van der Waals surface area contributed by atoms with E-state index < -0.39 is 0 Å². The number of nitrogens with zero attached hydrogens (tertiary/aromatic N) is 1. The number of hydrogen-bond donors (Lipinski definition) is 2. The van der Waals surface area contributed by atoms with Crippen LogP contribution in [0.5, 0.6) is 0 Å². The number of amides is 1. The molecule has 1 fully saturated rings. The number of hydrazone groups is 1. The molecule has 5 nitrogen and oxygen atoms in total. The van der Waals surface area contributed by atoms with Crippen LogP contribution >= 0.6 is 11.6 Å². The molecule has 6 heteroatoms. The van der Waals surface area contributed by atoms with Crippen LogP contribution in [0.3, 0.4) is 0 Å². The van der Waals surface area contributed by atoms with Crippen molar-refractivity contribution in [2.75, 3.05) is 0 Å². The largest absolute Gasteiger partial charge is 0.473 e. The van der Waals surface area contributed by atoms with Crippen LogP contribution < -0.4 is 5.43 Å². The van der Waals surface area contributed by atoms with Crippen molar-refractivity contribution in [3.05, 3.63) is 28.6 Å². The van der Waals surface area contributed by atoms with E-state index in [1.54, 1.807) is 18.3 Å². The van der Waals surface area contributed by atoms with Crippen molar-refractivity contribution in [1.82, 2.24) is 10.4 Å². The van der Waals surface area contributed by atoms with Crippen molar-refractivity contribution in [1.29, 1.82) is 0 Å². The third-order valence-electron chi connectivity index (χ3n) is 2.51. The molecule has 2 N–H and O–H groups in total. The Bertz CT molecular complexity index is 529. The van der Waals surface area contributed by atoms with Crippen LogP contribution in [-0.2, 0) is 9.53 Å². The average molecular weight is 252 g/mol. The summed E-state index contributed by atoms with van der Waals surface area (Å²) in [5, 5.41) is 4.46. The van der Waals surface area contributed by atoms with Gasteiger partial charge in [-0.2, -0.15) is 0 Å². The molecule has 1 aliphatic carbocycles. The quantitative estimate of drug-likeness (QED) is 0.786. The van der Waals surface area contributed by atoms with Crippen LogP contribution in [0.1, 0.15) is 18.5 Å². The number of hydrogen-bond acceptors (Lipinski definition) is 3. The number of halogens is 1. The van der Waals surface area contributed by atoms with Crippen molar-refractivity contribution >= 4 is 29.5 Å². The minimum absolute atomic E-state index is 0.206. The van der Waals surface area contributed by atoms with Crippen molar-refractivity contribution < 1.29 is 9.53 Å². The molecule has 17 heavy (non-hydrogen) atoms.